The highest BCUT2D eigenvalue weighted by Gasteiger charge is 2.35. The van der Waals surface area contributed by atoms with Crippen molar-refractivity contribution in [3.8, 4) is 0 Å². The zero-order valence-electron chi connectivity index (χ0n) is 11.3. The van der Waals surface area contributed by atoms with Crippen molar-refractivity contribution in [3.63, 3.8) is 0 Å². The molecule has 1 atom stereocenters. The summed E-state index contributed by atoms with van der Waals surface area (Å²) in [5.74, 6) is -1.63. The first-order chi connectivity index (χ1) is 9.58. The Kier molecular flexibility index (Phi) is 4.91. The van der Waals surface area contributed by atoms with Crippen molar-refractivity contribution in [2.45, 2.75) is 12.5 Å². The van der Waals surface area contributed by atoms with Gasteiger partial charge < -0.3 is 20.6 Å². The van der Waals surface area contributed by atoms with E-state index >= 15 is 0 Å². The molecule has 2 aliphatic rings. The summed E-state index contributed by atoms with van der Waals surface area (Å²) in [5.41, 5.74) is 0. The molecule has 2 rings (SSSR count). The molecule has 8 nitrogen and oxygen atoms in total. The number of carboxylic acid groups (broad SMARTS) is 1. The molecule has 112 valence electrons. The van der Waals surface area contributed by atoms with Crippen LogP contribution in [0.2, 0.25) is 0 Å². The number of carbonyl (C=O) groups excluding carboxylic acids is 2. The molecule has 0 saturated carbocycles. The Hall–Kier alpha value is -1.67. The Morgan fingerprint density at radius 2 is 1.90 bits per heavy atom. The molecule has 0 spiro atoms. The topological polar surface area (TPSA) is 102 Å². The van der Waals surface area contributed by atoms with Gasteiger partial charge in [-0.3, -0.25) is 19.3 Å². The molecule has 2 heterocycles. The van der Waals surface area contributed by atoms with Crippen LogP contribution >= 0.6 is 0 Å². The van der Waals surface area contributed by atoms with Gasteiger partial charge >= 0.3 is 5.97 Å². The number of piperazine rings is 2. The lowest BCUT2D eigenvalue weighted by Crippen LogP contribution is -2.60. The van der Waals surface area contributed by atoms with E-state index in [9.17, 15) is 14.4 Å². The van der Waals surface area contributed by atoms with Crippen LogP contribution in [-0.2, 0) is 14.4 Å². The number of rotatable bonds is 4. The van der Waals surface area contributed by atoms with Gasteiger partial charge in [-0.05, 0) is 0 Å². The van der Waals surface area contributed by atoms with Gasteiger partial charge in [0.1, 0.15) is 6.04 Å². The molecule has 1 unspecified atom stereocenters. The van der Waals surface area contributed by atoms with Crippen LogP contribution in [0.3, 0.4) is 0 Å². The third-order valence-corrected chi connectivity index (χ3v) is 3.59. The third-order valence-electron chi connectivity index (χ3n) is 3.59. The molecule has 8 heteroatoms. The first-order valence-electron chi connectivity index (χ1n) is 6.80. The maximum Gasteiger partial charge on any atom is 0.305 e. The second-order valence-corrected chi connectivity index (χ2v) is 5.02. The van der Waals surface area contributed by atoms with Gasteiger partial charge in [0, 0.05) is 39.3 Å². The average molecular weight is 284 g/mol. The fourth-order valence-corrected chi connectivity index (χ4v) is 2.53. The van der Waals surface area contributed by atoms with Crippen molar-refractivity contribution in [1.82, 2.24) is 20.4 Å². The Bertz CT molecular complexity index is 395. The van der Waals surface area contributed by atoms with Gasteiger partial charge in [0.2, 0.25) is 11.8 Å². The number of hydrogen-bond acceptors (Lipinski definition) is 5. The highest BCUT2D eigenvalue weighted by Crippen LogP contribution is 2.10. The molecule has 2 amide bonds. The minimum atomic E-state index is -1.08. The van der Waals surface area contributed by atoms with E-state index in [1.807, 2.05) is 4.90 Å². The Labute approximate surface area is 117 Å². The Morgan fingerprint density at radius 1 is 1.20 bits per heavy atom. The molecule has 0 aromatic rings. The van der Waals surface area contributed by atoms with Gasteiger partial charge in [0.25, 0.3) is 0 Å². The van der Waals surface area contributed by atoms with Crippen LogP contribution in [0.15, 0.2) is 0 Å². The predicted molar refractivity (Wildman–Crippen MR) is 70.1 cm³/mol. The third kappa shape index (κ3) is 3.67. The summed E-state index contributed by atoms with van der Waals surface area (Å²) < 4.78 is 0. The summed E-state index contributed by atoms with van der Waals surface area (Å²) in [5, 5.41) is 14.7. The maximum absolute atomic E-state index is 12.3. The van der Waals surface area contributed by atoms with Crippen molar-refractivity contribution < 1.29 is 19.5 Å². The molecule has 2 aliphatic heterocycles. The minimum Gasteiger partial charge on any atom is -0.481 e. The lowest BCUT2D eigenvalue weighted by Gasteiger charge is -2.36. The number of carboxylic acids is 1. The van der Waals surface area contributed by atoms with E-state index in [4.69, 9.17) is 5.11 Å². The zero-order valence-corrected chi connectivity index (χ0v) is 11.3. The van der Waals surface area contributed by atoms with Crippen LogP contribution in [0.1, 0.15) is 6.42 Å². The highest BCUT2D eigenvalue weighted by molar-refractivity contribution is 5.92. The van der Waals surface area contributed by atoms with Gasteiger partial charge in [-0.15, -0.1) is 0 Å². The summed E-state index contributed by atoms with van der Waals surface area (Å²) in [6.45, 7) is 4.24. The van der Waals surface area contributed by atoms with Crippen molar-refractivity contribution >= 4 is 17.8 Å². The molecule has 0 aliphatic carbocycles. The first kappa shape index (κ1) is 14.7. The van der Waals surface area contributed by atoms with Gasteiger partial charge in [-0.1, -0.05) is 0 Å². The SMILES string of the molecule is O=C(O)CC1C(=O)NCCN1C(=O)CN1CCNCC1. The fraction of sp³-hybridized carbons (Fsp3) is 0.750. The highest BCUT2D eigenvalue weighted by atomic mass is 16.4. The number of nitrogens with one attached hydrogen (secondary N) is 2. The summed E-state index contributed by atoms with van der Waals surface area (Å²) in [4.78, 5) is 38.3. The molecule has 3 N–H and O–H groups in total. The van der Waals surface area contributed by atoms with Crippen LogP contribution in [0.25, 0.3) is 0 Å². The van der Waals surface area contributed by atoms with Gasteiger partial charge in [-0.2, -0.15) is 0 Å². The van der Waals surface area contributed by atoms with Gasteiger partial charge in [0.05, 0.1) is 13.0 Å². The normalized spacial score (nSPS) is 24.3. The van der Waals surface area contributed by atoms with Crippen molar-refractivity contribution in [2.75, 3.05) is 45.8 Å². The summed E-state index contributed by atoms with van der Waals surface area (Å²) >= 11 is 0. The largest absolute Gasteiger partial charge is 0.481 e. The molecular formula is C12H20N4O4. The first-order valence-corrected chi connectivity index (χ1v) is 6.80. The number of amides is 2. The molecule has 2 fully saturated rings. The van der Waals surface area contributed by atoms with E-state index in [1.165, 1.54) is 4.90 Å². The minimum absolute atomic E-state index is 0.173. The van der Waals surface area contributed by atoms with Crippen LogP contribution in [0.4, 0.5) is 0 Å². The summed E-state index contributed by atoms with van der Waals surface area (Å²) in [7, 11) is 0. The Morgan fingerprint density at radius 3 is 2.55 bits per heavy atom. The van der Waals surface area contributed by atoms with Crippen LogP contribution < -0.4 is 10.6 Å². The number of aliphatic carboxylic acids is 1. The molecular weight excluding hydrogens is 264 g/mol. The lowest BCUT2D eigenvalue weighted by molar-refractivity contribution is -0.149. The lowest BCUT2D eigenvalue weighted by atomic mass is 10.1. The maximum atomic E-state index is 12.3. The van der Waals surface area contributed by atoms with E-state index in [1.54, 1.807) is 0 Å². The molecule has 0 aromatic heterocycles. The summed E-state index contributed by atoms with van der Waals surface area (Å²) in [6.07, 6.45) is -0.348. The standard InChI is InChI=1S/C12H20N4O4/c17-10(8-15-4-1-13-2-5-15)16-6-3-14-12(20)9(16)7-11(18)19/h9,13H,1-8H2,(H,14,20)(H,18,19). The monoisotopic (exact) mass is 284 g/mol. The van der Waals surface area contributed by atoms with Gasteiger partial charge in [-0.25, -0.2) is 0 Å². The van der Waals surface area contributed by atoms with Crippen LogP contribution in [0.5, 0.6) is 0 Å². The smallest absolute Gasteiger partial charge is 0.305 e. The van der Waals surface area contributed by atoms with E-state index in [-0.39, 0.29) is 24.8 Å². The zero-order chi connectivity index (χ0) is 14.5. The second-order valence-electron chi connectivity index (χ2n) is 5.02. The number of nitrogens with zero attached hydrogens (tertiary/aromatic N) is 2. The van der Waals surface area contributed by atoms with Crippen molar-refractivity contribution in [1.29, 1.82) is 0 Å². The van der Waals surface area contributed by atoms with Crippen LogP contribution in [-0.4, -0.2) is 84.5 Å². The van der Waals surface area contributed by atoms with E-state index in [0.29, 0.717) is 13.1 Å². The van der Waals surface area contributed by atoms with E-state index < -0.39 is 12.0 Å². The van der Waals surface area contributed by atoms with Gasteiger partial charge in [0.15, 0.2) is 0 Å². The quantitative estimate of drug-likeness (QED) is 0.536. The number of hydrogen-bond donors (Lipinski definition) is 3. The van der Waals surface area contributed by atoms with Crippen molar-refractivity contribution in [2.24, 2.45) is 0 Å². The number of carbonyl (C=O) groups is 3. The van der Waals surface area contributed by atoms with Crippen molar-refractivity contribution in [3.05, 3.63) is 0 Å². The van der Waals surface area contributed by atoms with E-state index in [2.05, 4.69) is 10.6 Å². The Balaban J connectivity index is 1.97. The molecule has 0 radical (unpaired) electrons. The molecule has 2 saturated heterocycles. The van der Waals surface area contributed by atoms with E-state index in [0.717, 1.165) is 26.2 Å². The second kappa shape index (κ2) is 6.67. The van der Waals surface area contributed by atoms with Crippen LogP contribution in [0, 0.1) is 0 Å². The molecule has 0 aromatic carbocycles. The predicted octanol–water partition coefficient (Wildman–Crippen LogP) is -2.31. The fourth-order valence-electron chi connectivity index (χ4n) is 2.53. The average Bonchev–Trinajstić information content (AvgIpc) is 2.41. The molecule has 20 heavy (non-hydrogen) atoms. The molecule has 0 bridgehead atoms. The summed E-state index contributed by atoms with van der Waals surface area (Å²) in [6, 6.07) is -0.892.